The van der Waals surface area contributed by atoms with Crippen molar-refractivity contribution in [1.29, 1.82) is 0 Å². The number of para-hydroxylation sites is 1. The highest BCUT2D eigenvalue weighted by Crippen LogP contribution is 2.28. The number of hydrazone groups is 1. The number of anilines is 1. The molecule has 8 heteroatoms. The summed E-state index contributed by atoms with van der Waals surface area (Å²) >= 11 is 0. The van der Waals surface area contributed by atoms with Crippen LogP contribution in [-0.4, -0.2) is 27.1 Å². The van der Waals surface area contributed by atoms with Crippen LogP contribution in [0.3, 0.4) is 0 Å². The molecule has 5 aromatic rings. The number of aryl methyl sites for hydroxylation is 2. The largest absolute Gasteiger partial charge is 0.489 e. The van der Waals surface area contributed by atoms with E-state index in [9.17, 15) is 13.2 Å². The first-order valence-corrected chi connectivity index (χ1v) is 15.5. The van der Waals surface area contributed by atoms with Crippen molar-refractivity contribution in [3.63, 3.8) is 0 Å². The Balaban J connectivity index is 1.24. The van der Waals surface area contributed by atoms with Gasteiger partial charge in [0.25, 0.3) is 15.9 Å². The number of ether oxygens (including phenoxy) is 1. The highest BCUT2D eigenvalue weighted by molar-refractivity contribution is 7.92. The van der Waals surface area contributed by atoms with Crippen LogP contribution in [0.5, 0.6) is 5.75 Å². The molecule has 0 atom stereocenters. The van der Waals surface area contributed by atoms with Crippen LogP contribution in [0.15, 0.2) is 125 Å². The Morgan fingerprint density at radius 1 is 0.837 bits per heavy atom. The van der Waals surface area contributed by atoms with Crippen molar-refractivity contribution >= 4 is 38.6 Å². The van der Waals surface area contributed by atoms with Crippen LogP contribution in [0, 0.1) is 6.92 Å². The van der Waals surface area contributed by atoms with E-state index < -0.39 is 22.5 Å². The third kappa shape index (κ3) is 7.10. The molecule has 218 valence electrons. The Morgan fingerprint density at radius 3 is 2.28 bits per heavy atom. The predicted molar refractivity (Wildman–Crippen MR) is 172 cm³/mol. The van der Waals surface area contributed by atoms with Crippen molar-refractivity contribution < 1.29 is 17.9 Å². The van der Waals surface area contributed by atoms with E-state index in [1.54, 1.807) is 36.4 Å². The van der Waals surface area contributed by atoms with Crippen molar-refractivity contribution in [3.8, 4) is 5.75 Å². The Hall–Kier alpha value is -4.95. The minimum absolute atomic E-state index is 0.114. The van der Waals surface area contributed by atoms with Crippen molar-refractivity contribution in [2.75, 3.05) is 10.8 Å². The van der Waals surface area contributed by atoms with Crippen molar-refractivity contribution in [2.24, 2.45) is 5.10 Å². The quantitative estimate of drug-likeness (QED) is 0.138. The Kier molecular flexibility index (Phi) is 9.17. The Bertz CT molecular complexity index is 1850. The number of hydrogen-bond acceptors (Lipinski definition) is 5. The molecule has 0 aliphatic heterocycles. The van der Waals surface area contributed by atoms with Gasteiger partial charge in [-0.3, -0.25) is 9.10 Å². The number of rotatable bonds is 11. The maximum absolute atomic E-state index is 13.7. The Labute approximate surface area is 252 Å². The number of carbonyl (C=O) groups excluding carboxylic acids is 1. The van der Waals surface area contributed by atoms with Crippen molar-refractivity contribution in [3.05, 3.63) is 138 Å². The van der Waals surface area contributed by atoms with Gasteiger partial charge in [-0.1, -0.05) is 85.3 Å². The molecule has 0 saturated heterocycles. The van der Waals surface area contributed by atoms with E-state index >= 15 is 0 Å². The van der Waals surface area contributed by atoms with E-state index in [2.05, 4.69) is 34.8 Å². The van der Waals surface area contributed by atoms with Gasteiger partial charge in [0.1, 0.15) is 18.9 Å². The van der Waals surface area contributed by atoms with Gasteiger partial charge in [-0.25, -0.2) is 13.8 Å². The van der Waals surface area contributed by atoms with Crippen LogP contribution < -0.4 is 14.5 Å². The highest BCUT2D eigenvalue weighted by atomic mass is 32.2. The number of amides is 1. The van der Waals surface area contributed by atoms with E-state index in [0.717, 1.165) is 31.9 Å². The van der Waals surface area contributed by atoms with Gasteiger partial charge in [-0.15, -0.1) is 0 Å². The fraction of sp³-hybridized carbons (Fsp3) is 0.143. The standard InChI is InChI=1S/C35H33N3O4S/c1-3-28-9-5-7-14-34(28)38(43(40,41)32-21-15-26(2)16-22-32)24-35(39)37-36-23-27-17-19-31(20-18-27)42-25-30-12-8-11-29-10-4-6-13-33(29)30/h4-23H,3,24-25H2,1-2H3,(H,37,39)/b36-23-. The third-order valence-corrected chi connectivity index (χ3v) is 8.87. The van der Waals surface area contributed by atoms with Crippen LogP contribution in [0.1, 0.15) is 29.2 Å². The monoisotopic (exact) mass is 591 g/mol. The van der Waals surface area contributed by atoms with Gasteiger partial charge in [-0.05, 0) is 83.3 Å². The molecule has 5 rings (SSSR count). The summed E-state index contributed by atoms with van der Waals surface area (Å²) in [7, 11) is -4.01. The van der Waals surface area contributed by atoms with E-state index in [4.69, 9.17) is 4.74 Å². The van der Waals surface area contributed by atoms with Gasteiger partial charge in [0, 0.05) is 0 Å². The summed E-state index contributed by atoms with van der Waals surface area (Å²) in [5.41, 5.74) is 6.54. The molecular weight excluding hydrogens is 558 g/mol. The topological polar surface area (TPSA) is 88.1 Å². The normalized spacial score (nSPS) is 11.5. The molecule has 0 saturated carbocycles. The number of hydrogen-bond donors (Lipinski definition) is 1. The van der Waals surface area contributed by atoms with Gasteiger partial charge >= 0.3 is 0 Å². The lowest BCUT2D eigenvalue weighted by Gasteiger charge is -2.25. The molecular formula is C35H33N3O4S. The van der Waals surface area contributed by atoms with Gasteiger partial charge in [0.05, 0.1) is 16.8 Å². The highest BCUT2D eigenvalue weighted by Gasteiger charge is 2.28. The number of fused-ring (bicyclic) bond motifs is 1. The number of benzene rings is 5. The summed E-state index contributed by atoms with van der Waals surface area (Å²) in [5, 5.41) is 6.40. The van der Waals surface area contributed by atoms with Gasteiger partial charge in [0.2, 0.25) is 0 Å². The molecule has 0 heterocycles. The average molecular weight is 592 g/mol. The first kappa shape index (κ1) is 29.5. The summed E-state index contributed by atoms with van der Waals surface area (Å²) in [6, 6.07) is 35.5. The zero-order chi connectivity index (χ0) is 30.2. The summed E-state index contributed by atoms with van der Waals surface area (Å²) < 4.78 is 34.5. The molecule has 7 nitrogen and oxygen atoms in total. The molecule has 1 amide bonds. The van der Waals surface area contributed by atoms with Crippen LogP contribution in [0.2, 0.25) is 0 Å². The SMILES string of the molecule is CCc1ccccc1N(CC(=O)N/N=C\c1ccc(OCc2cccc3ccccc23)cc1)S(=O)(=O)c1ccc(C)cc1. The van der Waals surface area contributed by atoms with Gasteiger partial charge < -0.3 is 4.74 Å². The molecule has 0 radical (unpaired) electrons. The van der Waals surface area contributed by atoms with E-state index in [1.165, 1.54) is 11.6 Å². The first-order chi connectivity index (χ1) is 20.8. The van der Waals surface area contributed by atoms with Gasteiger partial charge in [0.15, 0.2) is 0 Å². The molecule has 0 spiro atoms. The van der Waals surface area contributed by atoms with Crippen LogP contribution in [0.4, 0.5) is 5.69 Å². The maximum atomic E-state index is 13.7. The molecule has 1 N–H and O–H groups in total. The minimum Gasteiger partial charge on any atom is -0.489 e. The Morgan fingerprint density at radius 2 is 1.51 bits per heavy atom. The zero-order valence-corrected chi connectivity index (χ0v) is 24.9. The second-order valence-electron chi connectivity index (χ2n) is 10.1. The first-order valence-electron chi connectivity index (χ1n) is 14.0. The fourth-order valence-electron chi connectivity index (χ4n) is 4.76. The maximum Gasteiger partial charge on any atom is 0.264 e. The van der Waals surface area contributed by atoms with E-state index in [1.807, 2.05) is 68.4 Å². The molecule has 43 heavy (non-hydrogen) atoms. The number of nitrogens with zero attached hydrogens (tertiary/aromatic N) is 2. The van der Waals surface area contributed by atoms with E-state index in [0.29, 0.717) is 24.5 Å². The minimum atomic E-state index is -4.01. The predicted octanol–water partition coefficient (Wildman–Crippen LogP) is 6.64. The second-order valence-corrected chi connectivity index (χ2v) is 12.0. The number of carbonyl (C=O) groups is 1. The van der Waals surface area contributed by atoms with Crippen LogP contribution in [-0.2, 0) is 27.8 Å². The fourth-order valence-corrected chi connectivity index (χ4v) is 6.22. The number of sulfonamides is 1. The molecule has 5 aromatic carbocycles. The lowest BCUT2D eigenvalue weighted by Crippen LogP contribution is -2.40. The molecule has 0 aromatic heterocycles. The molecule has 0 fully saturated rings. The second kappa shape index (κ2) is 13.4. The molecule has 0 bridgehead atoms. The van der Waals surface area contributed by atoms with Gasteiger partial charge in [-0.2, -0.15) is 5.10 Å². The smallest absolute Gasteiger partial charge is 0.264 e. The zero-order valence-electron chi connectivity index (χ0n) is 24.1. The summed E-state index contributed by atoms with van der Waals surface area (Å²) in [4.78, 5) is 13.1. The van der Waals surface area contributed by atoms with Crippen LogP contribution in [0.25, 0.3) is 10.8 Å². The summed E-state index contributed by atoms with van der Waals surface area (Å²) in [5.74, 6) is 0.147. The third-order valence-electron chi connectivity index (χ3n) is 7.09. The lowest BCUT2D eigenvalue weighted by molar-refractivity contribution is -0.119. The molecule has 0 aliphatic rings. The molecule has 0 aliphatic carbocycles. The van der Waals surface area contributed by atoms with Crippen LogP contribution >= 0.6 is 0 Å². The lowest BCUT2D eigenvalue weighted by atomic mass is 10.1. The number of nitrogens with one attached hydrogen (secondary N) is 1. The summed E-state index contributed by atoms with van der Waals surface area (Å²) in [6.45, 7) is 3.85. The summed E-state index contributed by atoms with van der Waals surface area (Å²) in [6.07, 6.45) is 2.11. The molecule has 0 unspecified atom stereocenters. The average Bonchev–Trinajstić information content (AvgIpc) is 3.03. The van der Waals surface area contributed by atoms with Crippen molar-refractivity contribution in [1.82, 2.24) is 5.43 Å². The van der Waals surface area contributed by atoms with E-state index in [-0.39, 0.29) is 4.90 Å². The van der Waals surface area contributed by atoms with Crippen molar-refractivity contribution in [2.45, 2.75) is 31.8 Å².